The highest BCUT2D eigenvalue weighted by molar-refractivity contribution is 5.97. The summed E-state index contributed by atoms with van der Waals surface area (Å²) in [6.45, 7) is 2.05. The molecule has 2 fully saturated rings. The first-order valence-corrected chi connectivity index (χ1v) is 10.4. The van der Waals surface area contributed by atoms with Gasteiger partial charge in [-0.05, 0) is 24.3 Å². The highest BCUT2D eigenvalue weighted by Crippen LogP contribution is 2.33. The maximum Gasteiger partial charge on any atom is 0.317 e. The lowest BCUT2D eigenvalue weighted by atomic mass is 10.2. The minimum Gasteiger partial charge on any atom is -0.493 e. The number of nitrogens with one attached hydrogen (secondary N) is 1. The Morgan fingerprint density at radius 1 is 1.03 bits per heavy atom. The van der Waals surface area contributed by atoms with E-state index in [0.717, 1.165) is 0 Å². The number of piperazine rings is 1. The topological polar surface area (TPSA) is 105 Å². The van der Waals surface area contributed by atoms with E-state index in [4.69, 9.17) is 13.9 Å². The van der Waals surface area contributed by atoms with Crippen molar-refractivity contribution in [1.29, 1.82) is 0 Å². The van der Waals surface area contributed by atoms with Gasteiger partial charge >= 0.3 is 6.03 Å². The number of hydrogen-bond acceptors (Lipinski definition) is 6. The second-order valence-corrected chi connectivity index (χ2v) is 7.65. The summed E-state index contributed by atoms with van der Waals surface area (Å²) in [6, 6.07) is 8.05. The van der Waals surface area contributed by atoms with Crippen LogP contribution in [0, 0.1) is 0 Å². The van der Waals surface area contributed by atoms with Crippen LogP contribution in [0.15, 0.2) is 41.0 Å². The standard InChI is InChI=1S/C22H26N4O6/c1-30-17-6-5-16(13-19(17)31-2)26-14-15(12-20(26)27)23-22(29)25-9-7-24(8-10-25)21(28)18-4-3-11-32-18/h3-6,11,13,15H,7-10,12,14H2,1-2H3,(H,23,29)/t15-/m1/s1. The highest BCUT2D eigenvalue weighted by Gasteiger charge is 2.34. The van der Waals surface area contributed by atoms with E-state index in [1.54, 1.807) is 59.3 Å². The smallest absolute Gasteiger partial charge is 0.317 e. The van der Waals surface area contributed by atoms with Gasteiger partial charge in [0.1, 0.15) is 0 Å². The van der Waals surface area contributed by atoms with Crippen LogP contribution >= 0.6 is 0 Å². The van der Waals surface area contributed by atoms with E-state index in [-0.39, 0.29) is 30.3 Å². The molecule has 1 N–H and O–H groups in total. The Kier molecular flexibility index (Phi) is 6.20. The van der Waals surface area contributed by atoms with Gasteiger partial charge in [0.05, 0.1) is 26.5 Å². The summed E-state index contributed by atoms with van der Waals surface area (Å²) < 4.78 is 15.7. The van der Waals surface area contributed by atoms with Gasteiger partial charge in [0.25, 0.3) is 5.91 Å². The quantitative estimate of drug-likeness (QED) is 0.754. The third-order valence-electron chi connectivity index (χ3n) is 5.72. The van der Waals surface area contributed by atoms with Crippen LogP contribution < -0.4 is 19.7 Å². The molecule has 10 heteroatoms. The molecule has 2 saturated heterocycles. The minimum absolute atomic E-state index is 0.0728. The highest BCUT2D eigenvalue weighted by atomic mass is 16.5. The third kappa shape index (κ3) is 4.34. The number of hydrogen-bond donors (Lipinski definition) is 1. The van der Waals surface area contributed by atoms with E-state index in [1.807, 2.05) is 0 Å². The normalized spacial score (nSPS) is 18.6. The molecule has 1 atom stereocenters. The fourth-order valence-corrected chi connectivity index (χ4v) is 3.98. The monoisotopic (exact) mass is 442 g/mol. The minimum atomic E-state index is -0.300. The first kappa shape index (κ1) is 21.5. The molecule has 0 unspecified atom stereocenters. The second-order valence-electron chi connectivity index (χ2n) is 7.65. The largest absolute Gasteiger partial charge is 0.493 e. The summed E-state index contributed by atoms with van der Waals surface area (Å²) in [5, 5.41) is 2.95. The number of urea groups is 1. The van der Waals surface area contributed by atoms with E-state index in [2.05, 4.69) is 5.32 Å². The molecule has 3 heterocycles. The lowest BCUT2D eigenvalue weighted by molar-refractivity contribution is -0.117. The number of benzene rings is 1. The molecule has 10 nitrogen and oxygen atoms in total. The maximum absolute atomic E-state index is 12.7. The molecule has 32 heavy (non-hydrogen) atoms. The molecule has 0 spiro atoms. The lowest BCUT2D eigenvalue weighted by Gasteiger charge is -2.34. The summed E-state index contributed by atoms with van der Waals surface area (Å²) >= 11 is 0. The van der Waals surface area contributed by atoms with Gasteiger partial charge in [-0.25, -0.2) is 4.79 Å². The zero-order valence-electron chi connectivity index (χ0n) is 18.1. The Hall–Kier alpha value is -3.69. The molecule has 0 bridgehead atoms. The van der Waals surface area contributed by atoms with Crippen molar-refractivity contribution in [2.24, 2.45) is 0 Å². The first-order valence-electron chi connectivity index (χ1n) is 10.4. The molecule has 4 rings (SSSR count). The van der Waals surface area contributed by atoms with Crippen LogP contribution in [0.4, 0.5) is 10.5 Å². The SMILES string of the molecule is COc1ccc(N2C[C@H](NC(=O)N3CCN(C(=O)c4ccco4)CC3)CC2=O)cc1OC. The molecule has 0 radical (unpaired) electrons. The Morgan fingerprint density at radius 3 is 2.41 bits per heavy atom. The summed E-state index contributed by atoms with van der Waals surface area (Å²) in [7, 11) is 3.09. The van der Waals surface area contributed by atoms with E-state index in [0.29, 0.717) is 55.7 Å². The van der Waals surface area contributed by atoms with E-state index in [9.17, 15) is 14.4 Å². The van der Waals surface area contributed by atoms with Crippen molar-refractivity contribution in [2.75, 3.05) is 51.8 Å². The first-order chi connectivity index (χ1) is 15.5. The average molecular weight is 442 g/mol. The number of rotatable bonds is 5. The predicted octanol–water partition coefficient (Wildman–Crippen LogP) is 1.57. The van der Waals surface area contributed by atoms with Crippen molar-refractivity contribution >= 4 is 23.5 Å². The van der Waals surface area contributed by atoms with E-state index >= 15 is 0 Å². The number of ether oxygens (including phenoxy) is 2. The molecule has 1 aromatic heterocycles. The van der Waals surface area contributed by atoms with Crippen LogP contribution in [-0.4, -0.2) is 80.6 Å². The summed E-state index contributed by atoms with van der Waals surface area (Å²) in [5.41, 5.74) is 0.689. The number of amides is 4. The summed E-state index contributed by atoms with van der Waals surface area (Å²) in [4.78, 5) is 42.6. The Morgan fingerprint density at radius 2 is 1.75 bits per heavy atom. The van der Waals surface area contributed by atoms with Crippen LogP contribution in [0.3, 0.4) is 0 Å². The zero-order chi connectivity index (χ0) is 22.7. The third-order valence-corrected chi connectivity index (χ3v) is 5.72. The van der Waals surface area contributed by atoms with Crippen molar-refractivity contribution in [3.05, 3.63) is 42.4 Å². The molecular weight excluding hydrogens is 416 g/mol. The Labute approximate surface area is 185 Å². The molecule has 2 aromatic rings. The lowest BCUT2D eigenvalue weighted by Crippen LogP contribution is -2.54. The van der Waals surface area contributed by atoms with Crippen LogP contribution in [-0.2, 0) is 4.79 Å². The summed E-state index contributed by atoms with van der Waals surface area (Å²) in [5.74, 6) is 1.16. The van der Waals surface area contributed by atoms with Gasteiger partial charge in [0, 0.05) is 50.9 Å². The number of furan rings is 1. The molecule has 1 aromatic carbocycles. The zero-order valence-corrected chi connectivity index (χ0v) is 18.1. The molecule has 0 aliphatic carbocycles. The van der Waals surface area contributed by atoms with Crippen molar-refractivity contribution in [3.63, 3.8) is 0 Å². The van der Waals surface area contributed by atoms with Gasteiger partial charge in [-0.2, -0.15) is 0 Å². The average Bonchev–Trinajstić information content (AvgIpc) is 3.48. The predicted molar refractivity (Wildman–Crippen MR) is 115 cm³/mol. The molecule has 170 valence electrons. The second kappa shape index (κ2) is 9.21. The number of carbonyl (C=O) groups excluding carboxylic acids is 3. The molecule has 2 aliphatic rings. The van der Waals surface area contributed by atoms with Gasteiger partial charge < -0.3 is 33.9 Å². The van der Waals surface area contributed by atoms with Crippen molar-refractivity contribution in [3.8, 4) is 11.5 Å². The number of carbonyl (C=O) groups is 3. The Bertz CT molecular complexity index is 984. The van der Waals surface area contributed by atoms with E-state index in [1.165, 1.54) is 6.26 Å². The van der Waals surface area contributed by atoms with Crippen LogP contribution in [0.2, 0.25) is 0 Å². The summed E-state index contributed by atoms with van der Waals surface area (Å²) in [6.07, 6.45) is 1.68. The molecular formula is C22H26N4O6. The van der Waals surface area contributed by atoms with Crippen molar-refractivity contribution < 1.29 is 28.3 Å². The van der Waals surface area contributed by atoms with Gasteiger partial charge in [-0.3, -0.25) is 9.59 Å². The van der Waals surface area contributed by atoms with Crippen molar-refractivity contribution in [1.82, 2.24) is 15.1 Å². The Balaban J connectivity index is 1.31. The van der Waals surface area contributed by atoms with Gasteiger partial charge in [-0.1, -0.05) is 0 Å². The molecule has 4 amide bonds. The fourth-order valence-electron chi connectivity index (χ4n) is 3.98. The van der Waals surface area contributed by atoms with Gasteiger partial charge in [-0.15, -0.1) is 0 Å². The van der Waals surface area contributed by atoms with Crippen LogP contribution in [0.1, 0.15) is 17.0 Å². The van der Waals surface area contributed by atoms with E-state index < -0.39 is 0 Å². The van der Waals surface area contributed by atoms with Crippen LogP contribution in [0.25, 0.3) is 0 Å². The number of nitrogens with zero attached hydrogens (tertiary/aromatic N) is 3. The number of anilines is 1. The fraction of sp³-hybridized carbons (Fsp3) is 0.409. The van der Waals surface area contributed by atoms with Crippen LogP contribution in [0.5, 0.6) is 11.5 Å². The van der Waals surface area contributed by atoms with Gasteiger partial charge in [0.2, 0.25) is 5.91 Å². The maximum atomic E-state index is 12.7. The molecule has 2 aliphatic heterocycles. The van der Waals surface area contributed by atoms with Gasteiger partial charge in [0.15, 0.2) is 17.3 Å². The number of methoxy groups -OCH3 is 2. The van der Waals surface area contributed by atoms with Crippen molar-refractivity contribution in [2.45, 2.75) is 12.5 Å². The molecule has 0 saturated carbocycles.